The number of nitrogens with zero attached hydrogens (tertiary/aromatic N) is 4. The van der Waals surface area contributed by atoms with Crippen molar-refractivity contribution in [2.75, 3.05) is 13.1 Å². The number of aromatic nitrogens is 3. The predicted molar refractivity (Wildman–Crippen MR) is 81.3 cm³/mol. The molecule has 0 bridgehead atoms. The molecule has 0 N–H and O–H groups in total. The maximum Gasteiger partial charge on any atom is 0.240 e. The summed E-state index contributed by atoms with van der Waals surface area (Å²) >= 11 is 5.91. The highest BCUT2D eigenvalue weighted by atomic mass is 35.5. The maximum absolute atomic E-state index is 12.0. The summed E-state index contributed by atoms with van der Waals surface area (Å²) in [4.78, 5) is 13.9. The molecule has 3 rings (SSSR count). The van der Waals surface area contributed by atoms with Crippen molar-refractivity contribution in [3.05, 3.63) is 30.2 Å². The first-order chi connectivity index (χ1) is 10.1. The second kappa shape index (κ2) is 6.02. The molecule has 112 valence electrons. The smallest absolute Gasteiger partial charge is 0.240 e. The summed E-state index contributed by atoms with van der Waals surface area (Å²) < 4.78 is 2.02. The van der Waals surface area contributed by atoms with Gasteiger partial charge in [-0.25, -0.2) is 0 Å². The first-order valence-electron chi connectivity index (χ1n) is 7.36. The number of halogens is 1. The molecule has 3 heterocycles. The van der Waals surface area contributed by atoms with Gasteiger partial charge >= 0.3 is 0 Å². The number of pyridine rings is 1. The van der Waals surface area contributed by atoms with Crippen LogP contribution >= 0.6 is 11.6 Å². The zero-order valence-corrected chi connectivity index (χ0v) is 12.8. The van der Waals surface area contributed by atoms with Gasteiger partial charge in [0.2, 0.25) is 5.91 Å². The lowest BCUT2D eigenvalue weighted by Gasteiger charge is -2.33. The van der Waals surface area contributed by atoms with Crippen LogP contribution in [0.1, 0.15) is 25.6 Å². The Bertz CT molecular complexity index is 639. The van der Waals surface area contributed by atoms with Crippen molar-refractivity contribution >= 4 is 23.2 Å². The van der Waals surface area contributed by atoms with Crippen molar-refractivity contribution in [2.24, 2.45) is 5.92 Å². The van der Waals surface area contributed by atoms with Crippen LogP contribution < -0.4 is 0 Å². The summed E-state index contributed by atoms with van der Waals surface area (Å²) in [5, 5.41) is 8.01. The van der Waals surface area contributed by atoms with Crippen LogP contribution in [0, 0.1) is 5.92 Å². The highest BCUT2D eigenvalue weighted by Gasteiger charge is 2.26. The van der Waals surface area contributed by atoms with Crippen LogP contribution in [0.3, 0.4) is 0 Å². The fourth-order valence-corrected chi connectivity index (χ4v) is 3.11. The second-order valence-electron chi connectivity index (χ2n) is 5.66. The molecule has 2 aromatic rings. The fourth-order valence-electron chi connectivity index (χ4n) is 2.97. The van der Waals surface area contributed by atoms with E-state index in [0.29, 0.717) is 5.92 Å². The predicted octanol–water partition coefficient (Wildman–Crippen LogP) is 2.14. The van der Waals surface area contributed by atoms with Crippen molar-refractivity contribution in [2.45, 2.75) is 31.6 Å². The molecule has 1 aliphatic heterocycles. The highest BCUT2D eigenvalue weighted by Crippen LogP contribution is 2.21. The number of fused-ring (bicyclic) bond motifs is 1. The summed E-state index contributed by atoms with van der Waals surface area (Å²) in [6, 6.07) is 5.88. The average Bonchev–Trinajstić information content (AvgIpc) is 2.90. The van der Waals surface area contributed by atoms with Crippen molar-refractivity contribution < 1.29 is 4.79 Å². The maximum atomic E-state index is 12.0. The normalized spacial score (nSPS) is 20.7. The van der Waals surface area contributed by atoms with E-state index in [0.717, 1.165) is 43.8 Å². The topological polar surface area (TPSA) is 50.5 Å². The molecule has 6 heteroatoms. The minimum atomic E-state index is -0.447. The first kappa shape index (κ1) is 14.3. The summed E-state index contributed by atoms with van der Waals surface area (Å²) in [5.41, 5.74) is 0.866. The SMILES string of the molecule is CC(Cl)C(=O)N1CCCC(Cc2nnc3ccccn23)C1. The lowest BCUT2D eigenvalue weighted by Crippen LogP contribution is -2.43. The Balaban J connectivity index is 1.71. The number of likely N-dealkylation sites (tertiary alicyclic amines) is 1. The molecule has 2 unspecified atom stereocenters. The Morgan fingerprint density at radius 3 is 3.14 bits per heavy atom. The Hall–Kier alpha value is -1.62. The van der Waals surface area contributed by atoms with Crippen LogP contribution in [0.25, 0.3) is 5.65 Å². The van der Waals surface area contributed by atoms with E-state index in [4.69, 9.17) is 11.6 Å². The lowest BCUT2D eigenvalue weighted by atomic mass is 9.94. The van der Waals surface area contributed by atoms with E-state index in [1.54, 1.807) is 6.92 Å². The summed E-state index contributed by atoms with van der Waals surface area (Å²) in [6.07, 6.45) is 4.96. The first-order valence-corrected chi connectivity index (χ1v) is 7.80. The van der Waals surface area contributed by atoms with Crippen molar-refractivity contribution in [1.82, 2.24) is 19.5 Å². The van der Waals surface area contributed by atoms with E-state index in [9.17, 15) is 4.79 Å². The third-order valence-corrected chi connectivity index (χ3v) is 4.21. The molecule has 1 amide bonds. The Labute approximate surface area is 128 Å². The van der Waals surface area contributed by atoms with Gasteiger partial charge in [0.15, 0.2) is 5.65 Å². The highest BCUT2D eigenvalue weighted by molar-refractivity contribution is 6.30. The molecule has 1 aliphatic rings. The molecule has 0 spiro atoms. The second-order valence-corrected chi connectivity index (χ2v) is 6.31. The van der Waals surface area contributed by atoms with Gasteiger partial charge in [0.05, 0.1) is 0 Å². The number of hydrogen-bond acceptors (Lipinski definition) is 3. The Morgan fingerprint density at radius 1 is 1.48 bits per heavy atom. The summed E-state index contributed by atoms with van der Waals surface area (Å²) in [5.74, 6) is 1.42. The number of amides is 1. The Kier molecular flexibility index (Phi) is 4.10. The zero-order valence-electron chi connectivity index (χ0n) is 12.1. The van der Waals surface area contributed by atoms with E-state index in [1.165, 1.54) is 0 Å². The molecule has 0 aliphatic carbocycles. The molecule has 2 aromatic heterocycles. The van der Waals surface area contributed by atoms with Crippen molar-refractivity contribution in [1.29, 1.82) is 0 Å². The molecule has 0 aromatic carbocycles. The van der Waals surface area contributed by atoms with Gasteiger partial charge in [0.25, 0.3) is 0 Å². The molecular weight excluding hydrogens is 288 g/mol. The van der Waals surface area contributed by atoms with E-state index < -0.39 is 5.38 Å². The van der Waals surface area contributed by atoms with Gasteiger partial charge in [0.1, 0.15) is 11.2 Å². The fraction of sp³-hybridized carbons (Fsp3) is 0.533. The van der Waals surface area contributed by atoms with Crippen LogP contribution in [0.15, 0.2) is 24.4 Å². The number of carbonyl (C=O) groups is 1. The van der Waals surface area contributed by atoms with Gasteiger partial charge in [-0.05, 0) is 37.8 Å². The Morgan fingerprint density at radius 2 is 2.33 bits per heavy atom. The molecule has 1 fully saturated rings. The van der Waals surface area contributed by atoms with Crippen LogP contribution in [0.2, 0.25) is 0 Å². The molecule has 1 saturated heterocycles. The van der Waals surface area contributed by atoms with E-state index in [2.05, 4.69) is 10.2 Å². The largest absolute Gasteiger partial charge is 0.341 e. The van der Waals surface area contributed by atoms with Gasteiger partial charge in [-0.2, -0.15) is 0 Å². The molecule has 21 heavy (non-hydrogen) atoms. The summed E-state index contributed by atoms with van der Waals surface area (Å²) in [7, 11) is 0. The lowest BCUT2D eigenvalue weighted by molar-refractivity contribution is -0.132. The molecular formula is C15H19ClN4O. The third kappa shape index (κ3) is 3.02. The number of carbonyl (C=O) groups excluding carboxylic acids is 1. The molecule has 0 radical (unpaired) electrons. The average molecular weight is 307 g/mol. The molecule has 2 atom stereocenters. The minimum absolute atomic E-state index is 0.0347. The van der Waals surface area contributed by atoms with Gasteiger partial charge in [0, 0.05) is 25.7 Å². The van der Waals surface area contributed by atoms with Crippen molar-refractivity contribution in [3.63, 3.8) is 0 Å². The standard InChI is InChI=1S/C15H19ClN4O/c1-11(16)15(21)19-7-4-5-12(10-19)9-14-18-17-13-6-2-3-8-20(13)14/h2-3,6,8,11-12H,4-5,7,9-10H2,1H3. The van der Waals surface area contributed by atoms with Crippen LogP contribution in [-0.2, 0) is 11.2 Å². The minimum Gasteiger partial charge on any atom is -0.341 e. The number of hydrogen-bond donors (Lipinski definition) is 0. The van der Waals surface area contributed by atoms with Gasteiger partial charge in [-0.15, -0.1) is 21.8 Å². The van der Waals surface area contributed by atoms with Crippen LogP contribution in [-0.4, -0.2) is 43.9 Å². The number of rotatable bonds is 3. The van der Waals surface area contributed by atoms with E-state index in [1.807, 2.05) is 33.7 Å². The van der Waals surface area contributed by atoms with E-state index >= 15 is 0 Å². The van der Waals surface area contributed by atoms with Gasteiger partial charge in [-0.3, -0.25) is 9.20 Å². The molecule has 5 nitrogen and oxygen atoms in total. The summed E-state index contributed by atoms with van der Waals surface area (Å²) in [6.45, 7) is 3.31. The van der Waals surface area contributed by atoms with Crippen molar-refractivity contribution in [3.8, 4) is 0 Å². The van der Waals surface area contributed by atoms with Crippen LogP contribution in [0.4, 0.5) is 0 Å². The van der Waals surface area contributed by atoms with E-state index in [-0.39, 0.29) is 5.91 Å². The third-order valence-electron chi connectivity index (χ3n) is 4.03. The quantitative estimate of drug-likeness (QED) is 0.816. The number of piperidine rings is 1. The van der Waals surface area contributed by atoms with Gasteiger partial charge in [-0.1, -0.05) is 6.07 Å². The zero-order chi connectivity index (χ0) is 14.8. The monoisotopic (exact) mass is 306 g/mol. The molecule has 0 saturated carbocycles. The number of alkyl halides is 1. The van der Waals surface area contributed by atoms with Crippen LogP contribution in [0.5, 0.6) is 0 Å². The van der Waals surface area contributed by atoms with Gasteiger partial charge < -0.3 is 4.90 Å².